The number of hydrogen-bond donors (Lipinski definition) is 2. The summed E-state index contributed by atoms with van der Waals surface area (Å²) in [6, 6.07) is 5.89. The number of aliphatic hydroxyl groups is 1. The number of Topliss-reactive ketones (excluding diaryl/α,β-unsaturated/α-hetero) is 1. The molecule has 1 aromatic carbocycles. The van der Waals surface area contributed by atoms with Gasteiger partial charge in [0.15, 0.2) is 10.8 Å². The van der Waals surface area contributed by atoms with E-state index in [-0.39, 0.29) is 16.2 Å². The molecule has 9 heteroatoms. The van der Waals surface area contributed by atoms with E-state index >= 15 is 0 Å². The van der Waals surface area contributed by atoms with Gasteiger partial charge >= 0.3 is 0 Å². The lowest BCUT2D eigenvalue weighted by atomic mass is 10.1. The number of nitrogens with zero attached hydrogens (tertiary/aromatic N) is 2. The first kappa shape index (κ1) is 14.5. The Balaban J connectivity index is 2.16. The summed E-state index contributed by atoms with van der Waals surface area (Å²) in [5, 5.41) is 14.7. The number of nitrogens with one attached hydrogen (secondary N) is 1. The number of thiazole rings is 1. The fourth-order valence-corrected chi connectivity index (χ4v) is 4.04. The normalized spacial score (nSPS) is 18.8. The van der Waals surface area contributed by atoms with Gasteiger partial charge < -0.3 is 10.4 Å². The SMILES string of the molecule is CN1C(=C(O)Nc2nccs2)C(=O)c2ccccc2S1(=O)=O. The maximum atomic E-state index is 12.5. The van der Waals surface area contributed by atoms with Crippen molar-refractivity contribution < 1.29 is 18.3 Å². The van der Waals surface area contributed by atoms with Gasteiger partial charge in [0, 0.05) is 24.2 Å². The molecule has 0 spiro atoms. The molecule has 1 aliphatic rings. The molecular weight excluding hydrogens is 326 g/mol. The van der Waals surface area contributed by atoms with Crippen LogP contribution in [0.2, 0.25) is 0 Å². The molecule has 0 bridgehead atoms. The van der Waals surface area contributed by atoms with Crippen LogP contribution in [0.4, 0.5) is 5.13 Å². The lowest BCUT2D eigenvalue weighted by Crippen LogP contribution is -2.38. The van der Waals surface area contributed by atoms with Crippen LogP contribution in [0.5, 0.6) is 0 Å². The van der Waals surface area contributed by atoms with Crippen molar-refractivity contribution in [2.45, 2.75) is 4.90 Å². The molecule has 1 aliphatic heterocycles. The average Bonchev–Trinajstić information content (AvgIpc) is 2.99. The van der Waals surface area contributed by atoms with Crippen molar-refractivity contribution >= 4 is 32.3 Å². The van der Waals surface area contributed by atoms with Crippen molar-refractivity contribution in [3.05, 3.63) is 53.0 Å². The molecule has 7 nitrogen and oxygen atoms in total. The van der Waals surface area contributed by atoms with E-state index in [0.29, 0.717) is 5.13 Å². The Hall–Kier alpha value is -2.39. The van der Waals surface area contributed by atoms with Crippen molar-refractivity contribution in [1.82, 2.24) is 9.29 Å². The Kier molecular flexibility index (Phi) is 3.38. The Bertz CT molecular complexity index is 872. The maximum absolute atomic E-state index is 12.5. The molecule has 0 amide bonds. The number of hydrogen-bond acceptors (Lipinski definition) is 7. The predicted octanol–water partition coefficient (Wildman–Crippen LogP) is 1.80. The number of ketones is 1. The van der Waals surface area contributed by atoms with Gasteiger partial charge in [-0.3, -0.25) is 9.10 Å². The van der Waals surface area contributed by atoms with Crippen LogP contribution in [0.25, 0.3) is 0 Å². The molecule has 0 aliphatic carbocycles. The molecule has 2 N–H and O–H groups in total. The highest BCUT2D eigenvalue weighted by Gasteiger charge is 2.39. The fraction of sp³-hybridized carbons (Fsp3) is 0.0769. The second-order valence-electron chi connectivity index (χ2n) is 4.46. The van der Waals surface area contributed by atoms with Crippen LogP contribution in [0.1, 0.15) is 10.4 Å². The van der Waals surface area contributed by atoms with Gasteiger partial charge in [0.25, 0.3) is 10.0 Å². The van der Waals surface area contributed by atoms with Gasteiger partial charge in [0.1, 0.15) is 0 Å². The highest BCUT2D eigenvalue weighted by Crippen LogP contribution is 2.32. The highest BCUT2D eigenvalue weighted by molar-refractivity contribution is 7.89. The van der Waals surface area contributed by atoms with Crippen LogP contribution in [0.3, 0.4) is 0 Å². The van der Waals surface area contributed by atoms with Crippen molar-refractivity contribution in [2.75, 3.05) is 12.4 Å². The molecule has 2 heterocycles. The molecule has 0 saturated carbocycles. The second kappa shape index (κ2) is 5.11. The standard InChI is InChI=1S/C13H11N3O4S2/c1-16-10(12(18)15-13-14-6-7-21-13)11(17)8-4-2-3-5-9(8)22(16,19)20/h2-7,18H,1H3,(H,14,15). The van der Waals surface area contributed by atoms with Gasteiger partial charge in [-0.05, 0) is 12.1 Å². The molecule has 1 aromatic heterocycles. The van der Waals surface area contributed by atoms with E-state index in [1.807, 2.05) is 0 Å². The van der Waals surface area contributed by atoms with Gasteiger partial charge in [0.2, 0.25) is 11.7 Å². The van der Waals surface area contributed by atoms with Crippen molar-refractivity contribution in [3.63, 3.8) is 0 Å². The van der Waals surface area contributed by atoms with Crippen molar-refractivity contribution in [1.29, 1.82) is 0 Å². The molecule has 0 radical (unpaired) electrons. The van der Waals surface area contributed by atoms with Gasteiger partial charge in [-0.25, -0.2) is 13.4 Å². The topological polar surface area (TPSA) is 99.6 Å². The molecule has 2 aromatic rings. The summed E-state index contributed by atoms with van der Waals surface area (Å²) in [4.78, 5) is 16.3. The van der Waals surface area contributed by atoms with Crippen LogP contribution >= 0.6 is 11.3 Å². The zero-order chi connectivity index (χ0) is 15.9. The van der Waals surface area contributed by atoms with E-state index in [1.54, 1.807) is 17.5 Å². The monoisotopic (exact) mass is 337 g/mol. The third-order valence-corrected chi connectivity index (χ3v) is 5.69. The van der Waals surface area contributed by atoms with E-state index < -0.39 is 21.7 Å². The number of aromatic nitrogens is 1. The summed E-state index contributed by atoms with van der Waals surface area (Å²) in [6.45, 7) is 0. The summed E-state index contributed by atoms with van der Waals surface area (Å²) in [6.07, 6.45) is 1.52. The number of likely N-dealkylation sites (N-methyl/N-ethyl adjacent to an activating group) is 1. The summed E-state index contributed by atoms with van der Waals surface area (Å²) < 4.78 is 25.7. The Morgan fingerprint density at radius 1 is 1.36 bits per heavy atom. The number of aliphatic hydroxyl groups excluding tert-OH is 1. The van der Waals surface area contributed by atoms with E-state index in [4.69, 9.17) is 0 Å². The van der Waals surface area contributed by atoms with E-state index in [2.05, 4.69) is 10.3 Å². The third-order valence-electron chi connectivity index (χ3n) is 3.18. The molecule has 0 fully saturated rings. The van der Waals surface area contributed by atoms with Crippen LogP contribution in [-0.2, 0) is 10.0 Å². The van der Waals surface area contributed by atoms with E-state index in [1.165, 1.54) is 36.7 Å². The molecular formula is C13H11N3O4S2. The summed E-state index contributed by atoms with van der Waals surface area (Å²) in [7, 11) is -2.67. The lowest BCUT2D eigenvalue weighted by molar-refractivity contribution is 0.0997. The van der Waals surface area contributed by atoms with E-state index in [9.17, 15) is 18.3 Å². The molecule has 0 atom stereocenters. The quantitative estimate of drug-likeness (QED) is 0.640. The first-order valence-electron chi connectivity index (χ1n) is 6.15. The van der Waals surface area contributed by atoms with Gasteiger partial charge in [-0.1, -0.05) is 12.1 Å². The maximum Gasteiger partial charge on any atom is 0.265 e. The number of carbonyl (C=O) groups excluding carboxylic acids is 1. The minimum Gasteiger partial charge on any atom is -0.493 e. The molecule has 22 heavy (non-hydrogen) atoms. The Morgan fingerprint density at radius 3 is 2.77 bits per heavy atom. The number of sulfonamides is 1. The first-order valence-corrected chi connectivity index (χ1v) is 8.47. The van der Waals surface area contributed by atoms with Crippen LogP contribution in [0.15, 0.2) is 52.3 Å². The summed E-state index contributed by atoms with van der Waals surface area (Å²) in [5.41, 5.74) is -0.308. The number of carbonyl (C=O) groups is 1. The third kappa shape index (κ3) is 2.14. The lowest BCUT2D eigenvalue weighted by Gasteiger charge is -2.28. The van der Waals surface area contributed by atoms with Crippen LogP contribution in [0, 0.1) is 0 Å². The molecule has 114 valence electrons. The average molecular weight is 337 g/mol. The van der Waals surface area contributed by atoms with Gasteiger partial charge in [-0.2, -0.15) is 0 Å². The van der Waals surface area contributed by atoms with Crippen LogP contribution in [-0.4, -0.2) is 35.6 Å². The smallest absolute Gasteiger partial charge is 0.265 e. The first-order chi connectivity index (χ1) is 10.4. The van der Waals surface area contributed by atoms with Crippen LogP contribution < -0.4 is 5.32 Å². The number of fused-ring (bicyclic) bond motifs is 1. The second-order valence-corrected chi connectivity index (χ2v) is 7.29. The van der Waals surface area contributed by atoms with E-state index in [0.717, 1.165) is 4.31 Å². The largest absolute Gasteiger partial charge is 0.493 e. The van der Waals surface area contributed by atoms with Gasteiger partial charge in [-0.15, -0.1) is 11.3 Å². The molecule has 0 saturated heterocycles. The summed E-state index contributed by atoms with van der Waals surface area (Å²) in [5.74, 6) is -1.13. The molecule has 0 unspecified atom stereocenters. The van der Waals surface area contributed by atoms with Crippen molar-refractivity contribution in [2.24, 2.45) is 0 Å². The number of rotatable bonds is 2. The predicted molar refractivity (Wildman–Crippen MR) is 81.1 cm³/mol. The Labute approximate surface area is 130 Å². The highest BCUT2D eigenvalue weighted by atomic mass is 32.2. The number of benzene rings is 1. The minimum atomic E-state index is -3.89. The Morgan fingerprint density at radius 2 is 2.09 bits per heavy atom. The number of allylic oxidation sites excluding steroid dienone is 1. The zero-order valence-corrected chi connectivity index (χ0v) is 13.0. The van der Waals surface area contributed by atoms with Crippen molar-refractivity contribution in [3.8, 4) is 0 Å². The zero-order valence-electron chi connectivity index (χ0n) is 11.3. The minimum absolute atomic E-state index is 0.0306. The van der Waals surface area contributed by atoms with Gasteiger partial charge in [0.05, 0.1) is 4.90 Å². The number of anilines is 1. The fourth-order valence-electron chi connectivity index (χ4n) is 2.12. The molecule has 3 rings (SSSR count). The summed E-state index contributed by atoms with van der Waals surface area (Å²) >= 11 is 1.21.